The Morgan fingerprint density at radius 2 is 2.05 bits per heavy atom. The van der Waals surface area contributed by atoms with Crippen LogP contribution in [0.15, 0.2) is 42.5 Å². The van der Waals surface area contributed by atoms with Gasteiger partial charge in [-0.05, 0) is 49.4 Å². The molecule has 0 aromatic heterocycles. The molecule has 2 aromatic carbocycles. The van der Waals surface area contributed by atoms with E-state index in [1.54, 1.807) is 12.1 Å². The summed E-state index contributed by atoms with van der Waals surface area (Å²) in [7, 11) is 0. The molecule has 2 aromatic rings. The highest BCUT2D eigenvalue weighted by atomic mass is 19.1. The molecule has 0 radical (unpaired) electrons. The van der Waals surface area contributed by atoms with E-state index >= 15 is 0 Å². The summed E-state index contributed by atoms with van der Waals surface area (Å²) < 4.78 is 19.2. The third-order valence-electron chi connectivity index (χ3n) is 4.01. The van der Waals surface area contributed by atoms with Crippen LogP contribution in [-0.4, -0.2) is 6.61 Å². The van der Waals surface area contributed by atoms with Gasteiger partial charge >= 0.3 is 0 Å². The largest absolute Gasteiger partial charge is 0.493 e. The zero-order valence-corrected chi connectivity index (χ0v) is 12.2. The molecule has 2 N–H and O–H groups in total. The molecule has 2 nitrogen and oxygen atoms in total. The monoisotopic (exact) mass is 285 g/mol. The second kappa shape index (κ2) is 5.49. The molecule has 1 aliphatic rings. The Balaban J connectivity index is 1.95. The van der Waals surface area contributed by atoms with Gasteiger partial charge in [0, 0.05) is 11.1 Å². The van der Waals surface area contributed by atoms with Gasteiger partial charge in [-0.2, -0.15) is 0 Å². The number of hydrogen-bond donors (Lipinski definition) is 1. The Kier molecular flexibility index (Phi) is 3.68. The Morgan fingerprint density at radius 3 is 2.86 bits per heavy atom. The van der Waals surface area contributed by atoms with Crippen LogP contribution in [0.3, 0.4) is 0 Å². The van der Waals surface area contributed by atoms with Crippen molar-refractivity contribution in [3.63, 3.8) is 0 Å². The average Bonchev–Trinajstić information content (AvgIpc) is 2.46. The fourth-order valence-corrected chi connectivity index (χ4v) is 3.00. The van der Waals surface area contributed by atoms with Gasteiger partial charge in [-0.3, -0.25) is 0 Å². The molecule has 21 heavy (non-hydrogen) atoms. The SMILES string of the molecule is CC(N)(Cc1cccc(F)c1)c1cccc2c1OCCC2. The van der Waals surface area contributed by atoms with E-state index in [4.69, 9.17) is 10.5 Å². The van der Waals surface area contributed by atoms with Crippen molar-refractivity contribution in [1.82, 2.24) is 0 Å². The van der Waals surface area contributed by atoms with E-state index in [9.17, 15) is 4.39 Å². The summed E-state index contributed by atoms with van der Waals surface area (Å²) in [5, 5.41) is 0. The molecule has 1 unspecified atom stereocenters. The maximum absolute atomic E-state index is 13.4. The molecule has 3 heteroatoms. The van der Waals surface area contributed by atoms with Crippen LogP contribution in [0.25, 0.3) is 0 Å². The highest BCUT2D eigenvalue weighted by Gasteiger charge is 2.28. The van der Waals surface area contributed by atoms with Crippen LogP contribution >= 0.6 is 0 Å². The van der Waals surface area contributed by atoms with Crippen LogP contribution in [-0.2, 0) is 18.4 Å². The predicted octanol–water partition coefficient (Wildman–Crippen LogP) is 3.57. The molecule has 3 rings (SSSR count). The van der Waals surface area contributed by atoms with Crippen LogP contribution < -0.4 is 10.5 Å². The molecule has 1 aliphatic heterocycles. The number of hydrogen-bond acceptors (Lipinski definition) is 2. The Hall–Kier alpha value is -1.87. The van der Waals surface area contributed by atoms with Gasteiger partial charge in [0.1, 0.15) is 11.6 Å². The number of ether oxygens (including phenoxy) is 1. The summed E-state index contributed by atoms with van der Waals surface area (Å²) in [6, 6.07) is 12.8. The van der Waals surface area contributed by atoms with Gasteiger partial charge in [-0.25, -0.2) is 4.39 Å². The highest BCUT2D eigenvalue weighted by molar-refractivity contribution is 5.47. The highest BCUT2D eigenvalue weighted by Crippen LogP contribution is 2.36. The first-order valence-corrected chi connectivity index (χ1v) is 7.35. The lowest BCUT2D eigenvalue weighted by Gasteiger charge is -2.30. The van der Waals surface area contributed by atoms with Crippen LogP contribution in [0.5, 0.6) is 5.75 Å². The number of aryl methyl sites for hydroxylation is 1. The zero-order valence-electron chi connectivity index (χ0n) is 12.2. The smallest absolute Gasteiger partial charge is 0.127 e. The number of benzene rings is 2. The molecule has 0 saturated heterocycles. The standard InChI is InChI=1S/C18H20FNO/c1-18(20,12-13-5-2-8-15(19)11-13)16-9-3-6-14-7-4-10-21-17(14)16/h2-3,5-6,8-9,11H,4,7,10,12,20H2,1H3. The van der Waals surface area contributed by atoms with Gasteiger partial charge in [-0.1, -0.05) is 30.3 Å². The molecule has 0 saturated carbocycles. The van der Waals surface area contributed by atoms with Crippen molar-refractivity contribution < 1.29 is 9.13 Å². The zero-order chi connectivity index (χ0) is 14.9. The second-order valence-corrected chi connectivity index (χ2v) is 5.97. The van der Waals surface area contributed by atoms with Crippen molar-refractivity contribution >= 4 is 0 Å². The van der Waals surface area contributed by atoms with E-state index < -0.39 is 5.54 Å². The van der Waals surface area contributed by atoms with Crippen LogP contribution in [0, 0.1) is 5.82 Å². The van der Waals surface area contributed by atoms with Crippen LogP contribution in [0.2, 0.25) is 0 Å². The maximum atomic E-state index is 13.4. The second-order valence-electron chi connectivity index (χ2n) is 5.97. The van der Waals surface area contributed by atoms with Gasteiger partial charge in [-0.15, -0.1) is 0 Å². The number of rotatable bonds is 3. The van der Waals surface area contributed by atoms with Crippen LogP contribution in [0.1, 0.15) is 30.0 Å². The van der Waals surface area contributed by atoms with Crippen molar-refractivity contribution in [3.8, 4) is 5.75 Å². The van der Waals surface area contributed by atoms with Crippen molar-refractivity contribution in [2.45, 2.75) is 31.7 Å². The number of halogens is 1. The van der Waals surface area contributed by atoms with Gasteiger partial charge in [0.15, 0.2) is 0 Å². The van der Waals surface area contributed by atoms with Crippen LogP contribution in [0.4, 0.5) is 4.39 Å². The minimum atomic E-state index is -0.587. The molecule has 1 heterocycles. The van der Waals surface area contributed by atoms with Crippen molar-refractivity contribution in [2.24, 2.45) is 5.73 Å². The Bertz CT molecular complexity index is 651. The van der Waals surface area contributed by atoms with E-state index in [1.165, 1.54) is 11.6 Å². The molecular weight excluding hydrogens is 265 g/mol. The molecule has 0 bridgehead atoms. The summed E-state index contributed by atoms with van der Waals surface area (Å²) in [6.07, 6.45) is 2.64. The predicted molar refractivity (Wildman–Crippen MR) is 81.9 cm³/mol. The van der Waals surface area contributed by atoms with Gasteiger partial charge in [0.05, 0.1) is 6.61 Å². The van der Waals surface area contributed by atoms with E-state index in [0.717, 1.165) is 36.3 Å². The van der Waals surface area contributed by atoms with E-state index in [0.29, 0.717) is 6.42 Å². The van der Waals surface area contributed by atoms with Gasteiger partial charge < -0.3 is 10.5 Å². The van der Waals surface area contributed by atoms with Gasteiger partial charge in [0.2, 0.25) is 0 Å². The minimum absolute atomic E-state index is 0.227. The summed E-state index contributed by atoms with van der Waals surface area (Å²) in [4.78, 5) is 0. The van der Waals surface area contributed by atoms with E-state index in [1.807, 2.05) is 25.1 Å². The first-order valence-electron chi connectivity index (χ1n) is 7.35. The maximum Gasteiger partial charge on any atom is 0.127 e. The summed E-state index contributed by atoms with van der Waals surface area (Å²) in [5.41, 5.74) is 9.07. The topological polar surface area (TPSA) is 35.2 Å². The molecule has 0 amide bonds. The molecule has 0 aliphatic carbocycles. The molecule has 110 valence electrons. The average molecular weight is 285 g/mol. The van der Waals surface area contributed by atoms with E-state index in [2.05, 4.69) is 6.07 Å². The lowest BCUT2D eigenvalue weighted by Crippen LogP contribution is -2.36. The molecule has 0 fully saturated rings. The molecule has 1 atom stereocenters. The quantitative estimate of drug-likeness (QED) is 0.935. The molecule has 0 spiro atoms. The van der Waals surface area contributed by atoms with Gasteiger partial charge in [0.25, 0.3) is 0 Å². The van der Waals surface area contributed by atoms with Crippen molar-refractivity contribution in [3.05, 3.63) is 65.0 Å². The number of fused-ring (bicyclic) bond motifs is 1. The number of nitrogens with two attached hydrogens (primary N) is 1. The third-order valence-corrected chi connectivity index (χ3v) is 4.01. The summed E-state index contributed by atoms with van der Waals surface area (Å²) >= 11 is 0. The Morgan fingerprint density at radius 1 is 1.24 bits per heavy atom. The molecular formula is C18H20FNO. The van der Waals surface area contributed by atoms with E-state index in [-0.39, 0.29) is 5.82 Å². The number of para-hydroxylation sites is 1. The van der Waals surface area contributed by atoms with Crippen molar-refractivity contribution in [1.29, 1.82) is 0 Å². The first kappa shape index (κ1) is 14.1. The fourth-order valence-electron chi connectivity index (χ4n) is 3.00. The fraction of sp³-hybridized carbons (Fsp3) is 0.333. The lowest BCUT2D eigenvalue weighted by molar-refractivity contribution is 0.277. The summed E-state index contributed by atoms with van der Waals surface area (Å²) in [5.74, 6) is 0.694. The normalized spacial score (nSPS) is 16.7. The first-order chi connectivity index (χ1) is 10.1. The third kappa shape index (κ3) is 2.93. The van der Waals surface area contributed by atoms with Crippen molar-refractivity contribution in [2.75, 3.05) is 6.61 Å². The minimum Gasteiger partial charge on any atom is -0.493 e. The summed E-state index contributed by atoms with van der Waals surface area (Å²) in [6.45, 7) is 2.71. The Labute approximate surface area is 124 Å². The lowest BCUT2D eigenvalue weighted by atomic mass is 9.84.